The van der Waals surface area contributed by atoms with Crippen molar-refractivity contribution in [3.8, 4) is 11.8 Å². The highest BCUT2D eigenvalue weighted by Crippen LogP contribution is 2.34. The molecule has 1 atom stereocenters. The van der Waals surface area contributed by atoms with E-state index < -0.39 is 0 Å². The third-order valence-electron chi connectivity index (χ3n) is 2.65. The van der Waals surface area contributed by atoms with E-state index in [1.165, 1.54) is 25.7 Å². The molecule has 1 unspecified atom stereocenters. The summed E-state index contributed by atoms with van der Waals surface area (Å²) in [5, 5.41) is 3.57. The Bertz CT molecular complexity index is 183. The molecule has 0 aliphatic heterocycles. The van der Waals surface area contributed by atoms with Gasteiger partial charge in [0.05, 0.1) is 0 Å². The lowest BCUT2D eigenvalue weighted by Gasteiger charge is -2.15. The third-order valence-corrected chi connectivity index (χ3v) is 2.65. The van der Waals surface area contributed by atoms with Crippen LogP contribution in [0.5, 0.6) is 0 Å². The van der Waals surface area contributed by atoms with Crippen molar-refractivity contribution in [2.45, 2.75) is 52.0 Å². The van der Waals surface area contributed by atoms with Crippen molar-refractivity contribution >= 4 is 0 Å². The quantitative estimate of drug-likeness (QED) is 0.488. The van der Waals surface area contributed by atoms with E-state index in [2.05, 4.69) is 24.1 Å². The fourth-order valence-electron chi connectivity index (χ4n) is 1.80. The molecule has 0 heterocycles. The molecule has 1 aliphatic carbocycles. The van der Waals surface area contributed by atoms with Crippen LogP contribution in [0.1, 0.15) is 46.0 Å². The minimum atomic E-state index is 0.781. The van der Waals surface area contributed by atoms with Crippen LogP contribution in [0.15, 0.2) is 0 Å². The Labute approximate surface area is 82.3 Å². The highest BCUT2D eigenvalue weighted by Gasteiger charge is 2.29. The Balaban J connectivity index is 2.09. The summed E-state index contributed by atoms with van der Waals surface area (Å²) in [5.74, 6) is 7.06. The van der Waals surface area contributed by atoms with Gasteiger partial charge in [-0.1, -0.05) is 6.92 Å². The first-order valence-electron chi connectivity index (χ1n) is 5.51. The van der Waals surface area contributed by atoms with Gasteiger partial charge in [0.2, 0.25) is 0 Å². The maximum Gasteiger partial charge on any atom is 0.00955 e. The van der Waals surface area contributed by atoms with Crippen molar-refractivity contribution in [3.63, 3.8) is 0 Å². The summed E-state index contributed by atoms with van der Waals surface area (Å²) >= 11 is 0. The number of hydrogen-bond acceptors (Lipinski definition) is 1. The summed E-state index contributed by atoms with van der Waals surface area (Å²) in [7, 11) is 0. The fourth-order valence-corrected chi connectivity index (χ4v) is 1.80. The summed E-state index contributed by atoms with van der Waals surface area (Å²) in [6, 6.07) is 0.781. The smallest absolute Gasteiger partial charge is 0.00955 e. The average molecular weight is 179 g/mol. The minimum Gasteiger partial charge on any atom is -0.314 e. The van der Waals surface area contributed by atoms with E-state index in [1.807, 2.05) is 6.92 Å². The Morgan fingerprint density at radius 3 is 2.77 bits per heavy atom. The Hall–Kier alpha value is -0.480. The first-order chi connectivity index (χ1) is 6.38. The zero-order chi connectivity index (χ0) is 9.52. The maximum atomic E-state index is 3.57. The zero-order valence-electron chi connectivity index (χ0n) is 8.90. The largest absolute Gasteiger partial charge is 0.314 e. The second kappa shape index (κ2) is 6.05. The molecule has 1 aliphatic rings. The van der Waals surface area contributed by atoms with E-state index in [0.29, 0.717) is 0 Å². The Kier molecular flexibility index (Phi) is 4.93. The molecule has 0 saturated heterocycles. The molecular formula is C12H21N. The van der Waals surface area contributed by atoms with E-state index in [0.717, 1.165) is 24.9 Å². The summed E-state index contributed by atoms with van der Waals surface area (Å²) in [4.78, 5) is 0. The van der Waals surface area contributed by atoms with Crippen LogP contribution in [0.25, 0.3) is 0 Å². The van der Waals surface area contributed by atoms with Crippen LogP contribution < -0.4 is 5.32 Å². The van der Waals surface area contributed by atoms with E-state index in [4.69, 9.17) is 0 Å². The molecular weight excluding hydrogens is 158 g/mol. The van der Waals surface area contributed by atoms with Crippen LogP contribution in [0.3, 0.4) is 0 Å². The molecule has 74 valence electrons. The van der Waals surface area contributed by atoms with Crippen LogP contribution >= 0.6 is 0 Å². The van der Waals surface area contributed by atoms with Crippen LogP contribution in [0.4, 0.5) is 0 Å². The lowest BCUT2D eigenvalue weighted by molar-refractivity contribution is 0.437. The summed E-state index contributed by atoms with van der Waals surface area (Å²) < 4.78 is 0. The molecule has 0 bridgehead atoms. The van der Waals surface area contributed by atoms with Gasteiger partial charge in [-0.25, -0.2) is 0 Å². The molecule has 13 heavy (non-hydrogen) atoms. The van der Waals surface area contributed by atoms with Crippen molar-refractivity contribution < 1.29 is 0 Å². The predicted octanol–water partition coefficient (Wildman–Crippen LogP) is 2.57. The summed E-state index contributed by atoms with van der Waals surface area (Å²) in [5.41, 5.74) is 0. The van der Waals surface area contributed by atoms with Gasteiger partial charge >= 0.3 is 0 Å². The van der Waals surface area contributed by atoms with Crippen LogP contribution in [-0.2, 0) is 0 Å². The van der Waals surface area contributed by atoms with E-state index in [1.54, 1.807) is 0 Å². The van der Waals surface area contributed by atoms with Crippen LogP contribution in [0.2, 0.25) is 0 Å². The average Bonchev–Trinajstić information content (AvgIpc) is 2.93. The molecule has 1 heteroatoms. The molecule has 1 saturated carbocycles. The number of hydrogen-bond donors (Lipinski definition) is 1. The number of nitrogens with one attached hydrogen (secondary N) is 1. The molecule has 0 aromatic carbocycles. The van der Waals surface area contributed by atoms with E-state index in [9.17, 15) is 0 Å². The van der Waals surface area contributed by atoms with Gasteiger partial charge in [-0.05, 0) is 45.1 Å². The van der Waals surface area contributed by atoms with Crippen molar-refractivity contribution in [2.24, 2.45) is 5.92 Å². The Morgan fingerprint density at radius 1 is 1.46 bits per heavy atom. The molecule has 0 aromatic rings. The van der Waals surface area contributed by atoms with Gasteiger partial charge in [-0.2, -0.15) is 0 Å². The van der Waals surface area contributed by atoms with Crippen molar-refractivity contribution in [1.29, 1.82) is 0 Å². The lowest BCUT2D eigenvalue weighted by Crippen LogP contribution is -2.30. The van der Waals surface area contributed by atoms with E-state index in [-0.39, 0.29) is 0 Å². The van der Waals surface area contributed by atoms with Crippen molar-refractivity contribution in [1.82, 2.24) is 5.32 Å². The molecule has 1 nitrogen and oxygen atoms in total. The highest BCUT2D eigenvalue weighted by molar-refractivity contribution is 4.95. The molecule has 1 rings (SSSR count). The third kappa shape index (κ3) is 4.33. The van der Waals surface area contributed by atoms with Gasteiger partial charge < -0.3 is 5.32 Å². The SMILES string of the molecule is CC#CCCCC(NCC)C1CC1. The fraction of sp³-hybridized carbons (Fsp3) is 0.833. The predicted molar refractivity (Wildman–Crippen MR) is 57.5 cm³/mol. The zero-order valence-corrected chi connectivity index (χ0v) is 8.90. The number of unbranched alkanes of at least 4 members (excludes halogenated alkanes) is 1. The van der Waals surface area contributed by atoms with Gasteiger partial charge in [0.15, 0.2) is 0 Å². The molecule has 0 radical (unpaired) electrons. The van der Waals surface area contributed by atoms with Crippen LogP contribution in [0, 0.1) is 17.8 Å². The van der Waals surface area contributed by atoms with Gasteiger partial charge in [0.25, 0.3) is 0 Å². The summed E-state index contributed by atoms with van der Waals surface area (Å²) in [6.45, 7) is 5.23. The van der Waals surface area contributed by atoms with E-state index >= 15 is 0 Å². The van der Waals surface area contributed by atoms with Crippen LogP contribution in [-0.4, -0.2) is 12.6 Å². The van der Waals surface area contributed by atoms with Gasteiger partial charge in [0.1, 0.15) is 0 Å². The first-order valence-corrected chi connectivity index (χ1v) is 5.51. The second-order valence-corrected chi connectivity index (χ2v) is 3.82. The standard InChI is InChI=1S/C12H21N/c1-3-5-6-7-8-12(13-4-2)11-9-10-11/h11-13H,4,6-10H2,1-2H3. The minimum absolute atomic E-state index is 0.781. The first kappa shape index (κ1) is 10.6. The maximum absolute atomic E-state index is 3.57. The monoisotopic (exact) mass is 179 g/mol. The number of rotatable bonds is 6. The molecule has 0 spiro atoms. The molecule has 0 aromatic heterocycles. The molecule has 1 fully saturated rings. The van der Waals surface area contributed by atoms with Gasteiger partial charge in [-0.3, -0.25) is 0 Å². The molecule has 0 amide bonds. The van der Waals surface area contributed by atoms with Crippen molar-refractivity contribution in [3.05, 3.63) is 0 Å². The molecule has 1 N–H and O–H groups in total. The van der Waals surface area contributed by atoms with Gasteiger partial charge in [0, 0.05) is 12.5 Å². The normalized spacial score (nSPS) is 17.7. The topological polar surface area (TPSA) is 12.0 Å². The highest BCUT2D eigenvalue weighted by atomic mass is 14.9. The lowest BCUT2D eigenvalue weighted by atomic mass is 10.1. The summed E-state index contributed by atoms with van der Waals surface area (Å²) in [6.07, 6.45) is 6.53. The Morgan fingerprint density at radius 2 is 2.23 bits per heavy atom. The van der Waals surface area contributed by atoms with Gasteiger partial charge in [-0.15, -0.1) is 11.8 Å². The van der Waals surface area contributed by atoms with Crippen molar-refractivity contribution in [2.75, 3.05) is 6.54 Å². The second-order valence-electron chi connectivity index (χ2n) is 3.82.